The number of nitrogens with one attached hydrogen (secondary N) is 1. The van der Waals surface area contributed by atoms with Crippen molar-refractivity contribution >= 4 is 35.2 Å². The molecule has 0 radical (unpaired) electrons. The molecule has 2 aromatic rings. The fourth-order valence-electron chi connectivity index (χ4n) is 5.35. The first-order valence-corrected chi connectivity index (χ1v) is 18.2. The van der Waals surface area contributed by atoms with Crippen LogP contribution in [-0.2, 0) is 14.2 Å². The third-order valence-corrected chi connectivity index (χ3v) is 8.49. The zero-order chi connectivity index (χ0) is 38.3. The Labute approximate surface area is 303 Å². The maximum atomic E-state index is 14.1. The molecule has 2 aliphatic carbocycles. The van der Waals surface area contributed by atoms with Crippen LogP contribution in [-0.4, -0.2) is 85.3 Å². The van der Waals surface area contributed by atoms with Gasteiger partial charge in [0.1, 0.15) is 5.60 Å². The lowest BCUT2D eigenvalue weighted by molar-refractivity contribution is -0.383. The standard InChI is InChI=1S/C32H45F2N5O6S.C3H8O2/c1-8-15-46-29-36-27(35-20-10-11-21(17-20)43-13-14-44-31(2,3)4)26(39(41)42)28(37-29)38(30(40)45-32(5,6)7)25-18-22(25)19-9-12-23(33)24(34)16-19;1-3(2,4)5/h9,12,16,20-22,25H,8,10-11,13-15,17-18H2,1-7H3,(H,35,36,37);4-5H,1-2H3/t20?,21?,22-,25?;/m0./s1. The Balaban J connectivity index is 0.00000131. The Kier molecular flexibility index (Phi) is 14.5. The van der Waals surface area contributed by atoms with E-state index in [-0.39, 0.29) is 34.5 Å². The van der Waals surface area contributed by atoms with Crippen LogP contribution in [0.5, 0.6) is 0 Å². The van der Waals surface area contributed by atoms with Crippen molar-refractivity contribution in [2.24, 2.45) is 0 Å². The zero-order valence-electron chi connectivity index (χ0n) is 31.0. The summed E-state index contributed by atoms with van der Waals surface area (Å²) < 4.78 is 45.3. The van der Waals surface area contributed by atoms with Gasteiger partial charge in [-0.25, -0.2) is 13.6 Å². The van der Waals surface area contributed by atoms with Gasteiger partial charge in [-0.2, -0.15) is 9.97 Å². The Bertz CT molecular complexity index is 1490. The van der Waals surface area contributed by atoms with Crippen molar-refractivity contribution in [1.29, 1.82) is 0 Å². The molecule has 51 heavy (non-hydrogen) atoms. The Morgan fingerprint density at radius 2 is 1.71 bits per heavy atom. The lowest BCUT2D eigenvalue weighted by Crippen LogP contribution is -2.40. The van der Waals surface area contributed by atoms with Crippen LogP contribution < -0.4 is 10.2 Å². The summed E-state index contributed by atoms with van der Waals surface area (Å²) in [7, 11) is 0. The Hall–Kier alpha value is -3.18. The minimum absolute atomic E-state index is 0.00824. The molecule has 4 atom stereocenters. The van der Waals surface area contributed by atoms with E-state index in [1.165, 1.54) is 36.6 Å². The molecule has 2 saturated carbocycles. The summed E-state index contributed by atoms with van der Waals surface area (Å²) in [6.07, 6.45) is 2.37. The predicted octanol–water partition coefficient (Wildman–Crippen LogP) is 7.33. The van der Waals surface area contributed by atoms with Crippen LogP contribution in [0.4, 0.5) is 30.9 Å². The van der Waals surface area contributed by atoms with E-state index in [1.54, 1.807) is 20.8 Å². The van der Waals surface area contributed by atoms with E-state index in [0.717, 1.165) is 25.0 Å². The molecule has 3 N–H and O–H groups in total. The van der Waals surface area contributed by atoms with E-state index in [0.29, 0.717) is 43.8 Å². The molecule has 1 heterocycles. The Morgan fingerprint density at radius 1 is 1.04 bits per heavy atom. The van der Waals surface area contributed by atoms with Crippen LogP contribution in [0.1, 0.15) is 106 Å². The smallest absolute Gasteiger partial charge is 0.416 e. The van der Waals surface area contributed by atoms with Crippen molar-refractivity contribution in [2.45, 2.75) is 141 Å². The van der Waals surface area contributed by atoms with Crippen molar-refractivity contribution in [1.82, 2.24) is 9.97 Å². The van der Waals surface area contributed by atoms with Gasteiger partial charge in [0.15, 0.2) is 22.6 Å². The van der Waals surface area contributed by atoms with E-state index in [1.807, 2.05) is 27.7 Å². The van der Waals surface area contributed by atoms with E-state index in [2.05, 4.69) is 15.3 Å². The molecule has 3 unspecified atom stereocenters. The molecule has 0 spiro atoms. The Morgan fingerprint density at radius 3 is 2.27 bits per heavy atom. The largest absolute Gasteiger partial charge is 0.443 e. The normalized spacial score (nSPS) is 20.3. The number of ether oxygens (including phenoxy) is 3. The number of rotatable bonds is 13. The monoisotopic (exact) mass is 741 g/mol. The number of anilines is 2. The lowest BCUT2D eigenvalue weighted by atomic mass is 10.1. The summed E-state index contributed by atoms with van der Waals surface area (Å²) in [6.45, 7) is 16.5. The highest BCUT2D eigenvalue weighted by Gasteiger charge is 2.50. The van der Waals surface area contributed by atoms with Crippen molar-refractivity contribution in [3.8, 4) is 0 Å². The number of amides is 1. The molecule has 16 heteroatoms. The van der Waals surface area contributed by atoms with Crippen LogP contribution in [0.2, 0.25) is 0 Å². The average molecular weight is 742 g/mol. The molecule has 0 aliphatic heterocycles. The topological polar surface area (TPSA) is 169 Å². The highest BCUT2D eigenvalue weighted by Crippen LogP contribution is 2.49. The number of halogens is 2. The first-order valence-electron chi connectivity index (χ1n) is 17.2. The second kappa shape index (κ2) is 17.6. The van der Waals surface area contributed by atoms with Gasteiger partial charge in [0.05, 0.1) is 29.8 Å². The number of carbonyl (C=O) groups excluding carboxylic acids is 1. The molecule has 0 bridgehead atoms. The van der Waals surface area contributed by atoms with E-state index < -0.39 is 51.7 Å². The molecule has 1 aromatic carbocycles. The highest BCUT2D eigenvalue weighted by atomic mass is 32.2. The lowest BCUT2D eigenvalue weighted by Gasteiger charge is -2.27. The van der Waals surface area contributed by atoms with Gasteiger partial charge in [-0.05, 0) is 105 Å². The van der Waals surface area contributed by atoms with Crippen LogP contribution >= 0.6 is 11.8 Å². The molecule has 13 nitrogen and oxygen atoms in total. The van der Waals surface area contributed by atoms with Crippen LogP contribution in [0, 0.1) is 21.7 Å². The number of hydrogen-bond donors (Lipinski definition) is 3. The van der Waals surface area contributed by atoms with Gasteiger partial charge in [0.2, 0.25) is 11.6 Å². The third kappa shape index (κ3) is 14.0. The summed E-state index contributed by atoms with van der Waals surface area (Å²) in [6, 6.07) is 2.77. The first kappa shape index (κ1) is 42.2. The maximum Gasteiger partial charge on any atom is 0.416 e. The molecular formula is C35H53F2N5O8S. The van der Waals surface area contributed by atoms with Crippen molar-refractivity contribution in [2.75, 3.05) is 29.2 Å². The summed E-state index contributed by atoms with van der Waals surface area (Å²) in [5.74, 6) is -3.44. The fourth-order valence-corrected chi connectivity index (χ4v) is 6.05. The molecular weight excluding hydrogens is 688 g/mol. The van der Waals surface area contributed by atoms with E-state index in [9.17, 15) is 23.7 Å². The molecule has 4 rings (SSSR count). The number of hydrogen-bond acceptors (Lipinski definition) is 12. The predicted molar refractivity (Wildman–Crippen MR) is 191 cm³/mol. The molecule has 286 valence electrons. The summed E-state index contributed by atoms with van der Waals surface area (Å²) in [4.78, 5) is 36.2. The van der Waals surface area contributed by atoms with Gasteiger partial charge in [0.25, 0.3) is 0 Å². The number of thioether (sulfide) groups is 1. The molecule has 1 amide bonds. The first-order chi connectivity index (χ1) is 23.6. The van der Waals surface area contributed by atoms with Gasteiger partial charge < -0.3 is 29.7 Å². The minimum Gasteiger partial charge on any atom is -0.443 e. The summed E-state index contributed by atoms with van der Waals surface area (Å²) in [5, 5.41) is 32.4. The van der Waals surface area contributed by atoms with Crippen molar-refractivity contribution in [3.05, 3.63) is 45.5 Å². The van der Waals surface area contributed by atoms with Gasteiger partial charge >= 0.3 is 11.8 Å². The van der Waals surface area contributed by atoms with E-state index in [4.69, 9.17) is 24.4 Å². The second-order valence-corrected chi connectivity index (χ2v) is 16.2. The van der Waals surface area contributed by atoms with Gasteiger partial charge in [-0.1, -0.05) is 24.8 Å². The average Bonchev–Trinajstić information content (AvgIpc) is 3.62. The van der Waals surface area contributed by atoms with Crippen molar-refractivity contribution in [3.63, 3.8) is 0 Å². The van der Waals surface area contributed by atoms with Crippen LogP contribution in [0.15, 0.2) is 23.4 Å². The highest BCUT2D eigenvalue weighted by molar-refractivity contribution is 7.99. The van der Waals surface area contributed by atoms with Gasteiger partial charge in [-0.15, -0.1) is 0 Å². The van der Waals surface area contributed by atoms with Gasteiger partial charge in [-0.3, -0.25) is 15.0 Å². The minimum atomic E-state index is -1.50. The fraction of sp³-hybridized carbons (Fsp3) is 0.686. The van der Waals surface area contributed by atoms with Crippen molar-refractivity contribution < 1.29 is 42.9 Å². The van der Waals surface area contributed by atoms with Crippen LogP contribution in [0.3, 0.4) is 0 Å². The zero-order valence-corrected chi connectivity index (χ0v) is 31.8. The molecule has 2 fully saturated rings. The number of carbonyl (C=O) groups is 1. The molecule has 1 aromatic heterocycles. The number of aromatic nitrogens is 2. The number of benzene rings is 1. The van der Waals surface area contributed by atoms with Crippen LogP contribution in [0.25, 0.3) is 0 Å². The summed E-state index contributed by atoms with van der Waals surface area (Å²) >= 11 is 1.32. The maximum absolute atomic E-state index is 14.1. The number of nitro groups is 1. The molecule has 2 aliphatic rings. The van der Waals surface area contributed by atoms with Gasteiger partial charge in [0, 0.05) is 23.8 Å². The third-order valence-electron chi connectivity index (χ3n) is 7.44. The summed E-state index contributed by atoms with van der Waals surface area (Å²) in [5.41, 5.74) is -1.16. The molecule has 0 saturated heterocycles. The number of nitrogens with zero attached hydrogens (tertiary/aromatic N) is 4. The quantitative estimate of drug-likeness (QED) is 0.0467. The second-order valence-electron chi connectivity index (χ2n) is 15.2. The number of aliphatic hydroxyl groups is 2. The SMILES string of the molecule is CC(C)(O)O.CCCSc1nc(NC2CCC(OCCOC(C)(C)C)C2)c([N+](=O)[O-])c(N(C(=O)OC(C)(C)C)C2C[C@H]2c2ccc(F)c(F)c2)n1. The van der Waals surface area contributed by atoms with E-state index >= 15 is 0 Å².